The summed E-state index contributed by atoms with van der Waals surface area (Å²) in [6, 6.07) is 8.60. The summed E-state index contributed by atoms with van der Waals surface area (Å²) < 4.78 is 14.2. The van der Waals surface area contributed by atoms with Gasteiger partial charge in [-0.15, -0.1) is 11.3 Å². The van der Waals surface area contributed by atoms with Gasteiger partial charge in [-0.25, -0.2) is 9.78 Å². The normalized spacial score (nSPS) is 23.5. The standard InChI is InChI=1S/C51H65N9O8S2/c1-10-41(61)57-21-18-38-32(25-57)26-59(38)49(65)56(8)43(29(3)4)45(62)54-51(66)24-40-53-37(27-70-40)31-16-17-39-35(22-31)36(44(58(39)11-2)33-14-12-19-52-42(33)30(5)67-9)23-50(6,7)28-68-47(63)34-15-13-20-60(48(51)64)55-46(34)69/h10,12,14,16-17,19,22,27,29-30,32,34,38,43,66H,1,11,13,15,18,20-21,23-26,28H2,2-9H3,(H,54,62)(H,55,69)/t30-,32-,34+,38-,43-,51+/m0/s1. The third-order valence-electron chi connectivity index (χ3n) is 14.4. The summed E-state index contributed by atoms with van der Waals surface area (Å²) in [5, 5.41) is 19.8. The quantitative estimate of drug-likeness (QED) is 0.0781. The number of ether oxygens (including phenoxy) is 2. The highest BCUT2D eigenvalue weighted by molar-refractivity contribution is 7.80. The fourth-order valence-electron chi connectivity index (χ4n) is 10.7. The first-order valence-electron chi connectivity index (χ1n) is 24.2. The van der Waals surface area contributed by atoms with Crippen LogP contribution in [0.5, 0.6) is 0 Å². The molecule has 70 heavy (non-hydrogen) atoms. The highest BCUT2D eigenvalue weighted by Gasteiger charge is 2.50. The predicted molar refractivity (Wildman–Crippen MR) is 270 cm³/mol. The Bertz CT molecular complexity index is 2720. The molecule has 0 spiro atoms. The van der Waals surface area contributed by atoms with Gasteiger partial charge in [0.25, 0.3) is 5.91 Å². The van der Waals surface area contributed by atoms with Crippen LogP contribution >= 0.6 is 23.6 Å². The molecule has 5 amide bonds. The maximum Gasteiger partial charge on any atom is 0.320 e. The number of pyridine rings is 1. The molecule has 4 aliphatic rings. The minimum atomic E-state index is -2.59. The van der Waals surface area contributed by atoms with E-state index in [1.165, 1.54) is 22.3 Å². The van der Waals surface area contributed by atoms with Crippen molar-refractivity contribution < 1.29 is 38.6 Å². The maximum atomic E-state index is 14.9. The minimum Gasteiger partial charge on any atom is -0.465 e. The zero-order chi connectivity index (χ0) is 50.4. The zero-order valence-corrected chi connectivity index (χ0v) is 43.0. The Hall–Kier alpha value is -5.76. The van der Waals surface area contributed by atoms with E-state index in [2.05, 4.69) is 60.9 Å². The van der Waals surface area contributed by atoms with Crippen LogP contribution in [0, 0.1) is 23.2 Å². The predicted octanol–water partition coefficient (Wildman–Crippen LogP) is 5.89. The van der Waals surface area contributed by atoms with E-state index in [1.807, 2.05) is 24.4 Å². The smallest absolute Gasteiger partial charge is 0.320 e. The number of urea groups is 1. The molecule has 1 aromatic carbocycles. The van der Waals surface area contributed by atoms with Crippen molar-refractivity contribution in [3.63, 3.8) is 0 Å². The average Bonchev–Trinajstić information content (AvgIpc) is 3.84. The van der Waals surface area contributed by atoms with E-state index >= 15 is 0 Å². The van der Waals surface area contributed by atoms with Crippen LogP contribution in [-0.4, -0.2) is 139 Å². The molecule has 0 aliphatic carbocycles. The molecule has 19 heteroatoms. The molecule has 7 heterocycles. The number of likely N-dealkylation sites (tertiary alicyclic amines) is 2. The van der Waals surface area contributed by atoms with Crippen molar-refractivity contribution in [2.75, 3.05) is 46.9 Å². The summed E-state index contributed by atoms with van der Waals surface area (Å²) in [5.74, 6) is -3.55. The van der Waals surface area contributed by atoms with Gasteiger partial charge in [0.05, 0.1) is 41.2 Å². The molecular formula is C51H65N9O8S2. The number of carbonyl (C=O) groups excluding carboxylic acids is 5. The van der Waals surface area contributed by atoms with E-state index in [0.717, 1.165) is 44.0 Å². The number of fused-ring (bicyclic) bond motifs is 8. The molecule has 3 aromatic heterocycles. The van der Waals surface area contributed by atoms with Gasteiger partial charge in [0.2, 0.25) is 17.5 Å². The number of carbonyl (C=O) groups is 5. The van der Waals surface area contributed by atoms with Gasteiger partial charge >= 0.3 is 12.0 Å². The number of aryl methyl sites for hydroxylation is 1. The molecular weight excluding hydrogens is 931 g/mol. The van der Waals surface area contributed by atoms with Crippen LogP contribution in [0.2, 0.25) is 0 Å². The molecule has 0 unspecified atom stereocenters. The van der Waals surface area contributed by atoms with Crippen molar-refractivity contribution in [2.24, 2.45) is 23.2 Å². The Morgan fingerprint density at radius 3 is 2.61 bits per heavy atom. The lowest BCUT2D eigenvalue weighted by molar-refractivity contribution is -0.162. The summed E-state index contributed by atoms with van der Waals surface area (Å²) in [5.41, 5.74) is 5.93. The van der Waals surface area contributed by atoms with Gasteiger partial charge in [0, 0.05) is 97.9 Å². The molecule has 0 radical (unpaired) electrons. The Morgan fingerprint density at radius 1 is 1.14 bits per heavy atom. The molecule has 8 rings (SSSR count). The molecule has 17 nitrogen and oxygen atoms in total. The average molecular weight is 996 g/mol. The van der Waals surface area contributed by atoms with E-state index < -0.39 is 53.2 Å². The van der Waals surface area contributed by atoms with Crippen LogP contribution in [0.4, 0.5) is 4.79 Å². The number of thiocarbonyl (C=S) groups is 1. The van der Waals surface area contributed by atoms with Gasteiger partial charge in [0.15, 0.2) is 0 Å². The molecule has 3 fully saturated rings. The van der Waals surface area contributed by atoms with E-state index in [9.17, 15) is 29.1 Å². The fourth-order valence-corrected chi connectivity index (χ4v) is 11.9. The fraction of sp³-hybridized carbons (Fsp3) is 0.529. The van der Waals surface area contributed by atoms with Gasteiger partial charge in [-0.05, 0) is 81.4 Å². The molecule has 4 aromatic rings. The Balaban J connectivity index is 1.16. The lowest BCUT2D eigenvalue weighted by Crippen LogP contribution is -2.69. The number of hydrogen-bond acceptors (Lipinski definition) is 12. The van der Waals surface area contributed by atoms with Crippen LogP contribution in [0.1, 0.15) is 83.2 Å². The van der Waals surface area contributed by atoms with Crippen LogP contribution in [0.3, 0.4) is 0 Å². The Morgan fingerprint density at radius 2 is 1.91 bits per heavy atom. The number of aromatic nitrogens is 3. The van der Waals surface area contributed by atoms with E-state index in [-0.39, 0.29) is 54.6 Å². The molecule has 4 aliphatic heterocycles. The van der Waals surface area contributed by atoms with Gasteiger partial charge in [-0.3, -0.25) is 34.6 Å². The number of aliphatic hydroxyl groups is 1. The number of cyclic esters (lactones) is 1. The number of hydrogen-bond donors (Lipinski definition) is 3. The summed E-state index contributed by atoms with van der Waals surface area (Å²) >= 11 is 7.03. The summed E-state index contributed by atoms with van der Waals surface area (Å²) in [6.45, 7) is 17.6. The molecule has 6 atom stereocenters. The van der Waals surface area contributed by atoms with Crippen molar-refractivity contribution in [2.45, 2.75) is 104 Å². The zero-order valence-electron chi connectivity index (χ0n) is 41.3. The summed E-state index contributed by atoms with van der Waals surface area (Å²) in [6.07, 6.45) is 4.07. The third-order valence-corrected chi connectivity index (χ3v) is 15.6. The van der Waals surface area contributed by atoms with Gasteiger partial charge in [-0.2, -0.15) is 0 Å². The first-order chi connectivity index (χ1) is 33.3. The number of methoxy groups -OCH3 is 1. The third kappa shape index (κ3) is 9.69. The Labute approximate surface area is 418 Å². The number of nitrogens with one attached hydrogen (secondary N) is 2. The number of benzene rings is 1. The minimum absolute atomic E-state index is 0.0473. The monoisotopic (exact) mass is 995 g/mol. The molecule has 374 valence electrons. The number of esters is 1. The van der Waals surface area contributed by atoms with Crippen molar-refractivity contribution in [3.8, 4) is 22.5 Å². The molecule has 3 saturated heterocycles. The van der Waals surface area contributed by atoms with E-state index in [0.29, 0.717) is 56.1 Å². The molecule has 3 N–H and O–H groups in total. The van der Waals surface area contributed by atoms with E-state index in [4.69, 9.17) is 31.7 Å². The first kappa shape index (κ1) is 50.6. The summed E-state index contributed by atoms with van der Waals surface area (Å²) in [7, 11) is 3.21. The van der Waals surface area contributed by atoms with Crippen LogP contribution in [0.15, 0.2) is 54.6 Å². The molecule has 6 bridgehead atoms. The topological polar surface area (TPSA) is 192 Å². The number of nitrogens with zero attached hydrogens (tertiary/aromatic N) is 7. The highest BCUT2D eigenvalue weighted by Crippen LogP contribution is 2.42. The lowest BCUT2D eigenvalue weighted by atomic mass is 9.82. The van der Waals surface area contributed by atoms with Crippen molar-refractivity contribution in [1.82, 2.24) is 45.0 Å². The van der Waals surface area contributed by atoms with Crippen LogP contribution in [0.25, 0.3) is 33.4 Å². The van der Waals surface area contributed by atoms with Crippen molar-refractivity contribution >= 4 is 69.2 Å². The number of likely N-dealkylation sites (N-methyl/N-ethyl adjacent to an activating group) is 1. The number of rotatable bonds is 9. The number of amides is 5. The second-order valence-corrected chi connectivity index (χ2v) is 21.6. The second-order valence-electron chi connectivity index (χ2n) is 20.2. The number of piperidine rings is 1. The maximum absolute atomic E-state index is 14.9. The van der Waals surface area contributed by atoms with Crippen LogP contribution < -0.4 is 10.7 Å². The number of thiazole rings is 1. The van der Waals surface area contributed by atoms with Gasteiger partial charge < -0.3 is 39.2 Å². The largest absolute Gasteiger partial charge is 0.465 e. The molecule has 0 saturated carbocycles. The van der Waals surface area contributed by atoms with Crippen molar-refractivity contribution in [1.29, 1.82) is 0 Å². The van der Waals surface area contributed by atoms with Crippen molar-refractivity contribution in [3.05, 3.63) is 70.8 Å². The van der Waals surface area contributed by atoms with E-state index in [1.54, 1.807) is 44.0 Å². The second kappa shape index (κ2) is 20.2. The first-order valence-corrected chi connectivity index (χ1v) is 25.4. The van der Waals surface area contributed by atoms with Crippen LogP contribution in [-0.2, 0) is 48.0 Å². The lowest BCUT2D eigenvalue weighted by Gasteiger charge is -2.54. The SMILES string of the molecule is C=CC(=O)N1CC[C@H]2[C@@H](C1)CN2C(=O)N(C)[C@H](C(=O)N[C@@]1(O)Cc2nc(cs2)-c2ccc3c(c2)c(c(-c2cccnc2[C@H](C)OC)n3CC)CC(C)(C)COC(=O)[C@@H]2CCCN(NC2=S)C1=O)C(C)C. The van der Waals surface area contributed by atoms with Gasteiger partial charge in [0.1, 0.15) is 16.9 Å². The summed E-state index contributed by atoms with van der Waals surface area (Å²) in [4.78, 5) is 84.6. The Kier molecular flexibility index (Phi) is 14.6. The number of hydrazine groups is 1. The van der Waals surface area contributed by atoms with Gasteiger partial charge in [-0.1, -0.05) is 52.6 Å². The highest BCUT2D eigenvalue weighted by atomic mass is 32.1.